The molecule has 2 heterocycles. The lowest BCUT2D eigenvalue weighted by Crippen LogP contribution is -2.58. The Morgan fingerprint density at radius 2 is 2.00 bits per heavy atom. The van der Waals surface area contributed by atoms with Crippen LogP contribution in [0, 0.1) is 5.41 Å². The summed E-state index contributed by atoms with van der Waals surface area (Å²) in [4.78, 5) is 13.5. The molecule has 1 aliphatic rings. The number of rotatable bonds is 3. The first kappa shape index (κ1) is 16.3. The quantitative estimate of drug-likeness (QED) is 0.765. The van der Waals surface area contributed by atoms with Gasteiger partial charge in [-0.05, 0) is 24.1 Å². The van der Waals surface area contributed by atoms with Gasteiger partial charge in [-0.3, -0.25) is 19.8 Å². The summed E-state index contributed by atoms with van der Waals surface area (Å²) < 4.78 is 1.93. The fraction of sp³-hybridized carbons (Fsp3) is 0.250. The van der Waals surface area contributed by atoms with Crippen LogP contribution in [0.5, 0.6) is 0 Å². The first-order chi connectivity index (χ1) is 12.4. The predicted molar refractivity (Wildman–Crippen MR) is 101 cm³/mol. The van der Waals surface area contributed by atoms with Crippen LogP contribution >= 0.6 is 0 Å². The van der Waals surface area contributed by atoms with Crippen molar-refractivity contribution in [3.63, 3.8) is 0 Å². The maximum Gasteiger partial charge on any atom is 0.231 e. The summed E-state index contributed by atoms with van der Waals surface area (Å²) in [5.41, 5.74) is 2.45. The van der Waals surface area contributed by atoms with Crippen molar-refractivity contribution < 1.29 is 4.79 Å². The van der Waals surface area contributed by atoms with Gasteiger partial charge < -0.3 is 5.32 Å². The molecule has 0 radical (unpaired) electrons. The minimum Gasteiger partial charge on any atom is -0.346 e. The van der Waals surface area contributed by atoms with Crippen LogP contribution in [0.3, 0.4) is 0 Å². The summed E-state index contributed by atoms with van der Waals surface area (Å²) in [5, 5.41) is 16.9. The van der Waals surface area contributed by atoms with Gasteiger partial charge in [0, 0.05) is 18.6 Å². The average molecular weight is 347 g/mol. The molecule has 1 amide bonds. The van der Waals surface area contributed by atoms with E-state index in [0.29, 0.717) is 13.0 Å². The lowest BCUT2D eigenvalue weighted by molar-refractivity contribution is -0.129. The molecule has 6 nitrogen and oxygen atoms in total. The Hall–Kier alpha value is -3.15. The molecule has 1 fully saturated rings. The molecule has 2 aromatic carbocycles. The van der Waals surface area contributed by atoms with Crippen LogP contribution in [0.1, 0.15) is 24.5 Å². The largest absolute Gasteiger partial charge is 0.346 e. The van der Waals surface area contributed by atoms with E-state index in [1.807, 2.05) is 54.2 Å². The number of carbonyl (C=O) groups excluding carboxylic acids is 1. The van der Waals surface area contributed by atoms with Gasteiger partial charge in [0.05, 0.1) is 24.0 Å². The zero-order chi connectivity index (χ0) is 18.3. The third-order valence-corrected chi connectivity index (χ3v) is 4.99. The average Bonchev–Trinajstić information content (AvgIpc) is 3.02. The van der Waals surface area contributed by atoms with Crippen LogP contribution in [0.25, 0.3) is 10.9 Å². The molecule has 6 heteroatoms. The van der Waals surface area contributed by atoms with E-state index in [1.165, 1.54) is 10.5 Å². The molecule has 0 unspecified atom stereocenters. The Balaban J connectivity index is 1.65. The number of hydrogen-bond acceptors (Lipinski definition) is 3. The smallest absolute Gasteiger partial charge is 0.231 e. The second-order valence-electron chi connectivity index (χ2n) is 7.02. The lowest BCUT2D eigenvalue weighted by Gasteiger charge is -2.39. The fourth-order valence-corrected chi connectivity index (χ4v) is 3.37. The number of amides is 1. The number of nitrogens with zero attached hydrogens (tertiary/aromatic N) is 3. The molecule has 2 N–H and O–H groups in total. The molecule has 1 aromatic heterocycles. The molecule has 0 spiro atoms. The monoisotopic (exact) mass is 347 g/mol. The lowest BCUT2D eigenvalue weighted by atomic mass is 9.86. The van der Waals surface area contributed by atoms with Crippen LogP contribution in [0.4, 0.5) is 0 Å². The summed E-state index contributed by atoms with van der Waals surface area (Å²) in [5.74, 6) is 0.0596. The number of fused-ring (bicyclic) bond motifs is 1. The first-order valence-electron chi connectivity index (χ1n) is 8.59. The highest BCUT2D eigenvalue weighted by molar-refractivity contribution is 5.99. The van der Waals surface area contributed by atoms with E-state index >= 15 is 0 Å². The number of hydrogen-bond donors (Lipinski definition) is 2. The van der Waals surface area contributed by atoms with Crippen molar-refractivity contribution >= 4 is 22.8 Å². The summed E-state index contributed by atoms with van der Waals surface area (Å²) in [6, 6.07) is 16.3. The number of carbonyl (C=O) groups is 1. The van der Waals surface area contributed by atoms with E-state index in [4.69, 9.17) is 5.41 Å². The summed E-state index contributed by atoms with van der Waals surface area (Å²) in [7, 11) is 1.62. The standard InChI is InChI=1S/C20H21N5O/c1-20(11-18(26)24(2)19(21)22-20)16-9-8-15-13-25(23-17(15)10-16)12-14-6-4-3-5-7-14/h3-10,13H,11-12H2,1-2H3,(H2,21,22)/t20-/m0/s1. The Labute approximate surface area is 151 Å². The second kappa shape index (κ2) is 5.98. The molecule has 1 aliphatic heterocycles. The van der Waals surface area contributed by atoms with E-state index in [0.717, 1.165) is 16.5 Å². The van der Waals surface area contributed by atoms with Crippen molar-refractivity contribution in [2.45, 2.75) is 25.4 Å². The van der Waals surface area contributed by atoms with Gasteiger partial charge in [0.1, 0.15) is 0 Å². The van der Waals surface area contributed by atoms with E-state index in [2.05, 4.69) is 22.5 Å². The maximum absolute atomic E-state index is 12.2. The van der Waals surface area contributed by atoms with Crippen molar-refractivity contribution in [3.05, 3.63) is 65.9 Å². The van der Waals surface area contributed by atoms with Gasteiger partial charge in [0.15, 0.2) is 5.96 Å². The number of guanidine groups is 1. The van der Waals surface area contributed by atoms with Gasteiger partial charge in [-0.2, -0.15) is 5.10 Å². The molecule has 4 rings (SSSR count). The third-order valence-electron chi connectivity index (χ3n) is 4.99. The highest BCUT2D eigenvalue weighted by atomic mass is 16.2. The molecular weight excluding hydrogens is 326 g/mol. The number of benzene rings is 2. The van der Waals surface area contributed by atoms with Gasteiger partial charge in [-0.25, -0.2) is 0 Å². The zero-order valence-electron chi connectivity index (χ0n) is 14.9. The van der Waals surface area contributed by atoms with Gasteiger partial charge in [-0.1, -0.05) is 42.5 Å². The molecule has 0 saturated carbocycles. The number of nitrogens with one attached hydrogen (secondary N) is 2. The molecule has 0 aliphatic carbocycles. The van der Waals surface area contributed by atoms with Crippen molar-refractivity contribution in [2.24, 2.45) is 0 Å². The van der Waals surface area contributed by atoms with Gasteiger partial charge in [0.25, 0.3) is 0 Å². The summed E-state index contributed by atoms with van der Waals surface area (Å²) in [6.07, 6.45) is 2.34. The SMILES string of the molecule is CN1C(=N)N[C@](C)(c2ccc3cn(Cc4ccccc4)nc3c2)CC1=O. The zero-order valence-corrected chi connectivity index (χ0v) is 14.9. The van der Waals surface area contributed by atoms with Crippen LogP contribution in [-0.2, 0) is 16.9 Å². The minimum absolute atomic E-state index is 0.0639. The van der Waals surface area contributed by atoms with Gasteiger partial charge in [0.2, 0.25) is 5.91 Å². The third kappa shape index (κ3) is 2.83. The van der Waals surface area contributed by atoms with E-state index < -0.39 is 5.54 Å². The molecule has 1 saturated heterocycles. The highest BCUT2D eigenvalue weighted by Gasteiger charge is 2.38. The normalized spacial score (nSPS) is 20.5. The van der Waals surface area contributed by atoms with Crippen LogP contribution in [0.15, 0.2) is 54.7 Å². The van der Waals surface area contributed by atoms with Gasteiger partial charge in [-0.15, -0.1) is 0 Å². The minimum atomic E-state index is -0.599. The van der Waals surface area contributed by atoms with E-state index in [9.17, 15) is 4.79 Å². The molecule has 0 bridgehead atoms. The first-order valence-corrected chi connectivity index (χ1v) is 8.59. The van der Waals surface area contributed by atoms with Crippen LogP contribution in [-0.4, -0.2) is 33.6 Å². The second-order valence-corrected chi connectivity index (χ2v) is 7.02. The Kier molecular flexibility index (Phi) is 3.76. The Morgan fingerprint density at radius 3 is 2.73 bits per heavy atom. The predicted octanol–water partition coefficient (Wildman–Crippen LogP) is 2.69. The summed E-state index contributed by atoms with van der Waals surface area (Å²) in [6.45, 7) is 2.67. The Bertz CT molecular complexity index is 974. The Morgan fingerprint density at radius 1 is 1.23 bits per heavy atom. The van der Waals surface area contributed by atoms with Crippen molar-refractivity contribution in [1.29, 1.82) is 5.41 Å². The van der Waals surface area contributed by atoms with Crippen molar-refractivity contribution in [2.75, 3.05) is 7.05 Å². The van der Waals surface area contributed by atoms with Crippen LogP contribution in [0.2, 0.25) is 0 Å². The van der Waals surface area contributed by atoms with E-state index in [1.54, 1.807) is 7.05 Å². The molecule has 1 atom stereocenters. The maximum atomic E-state index is 12.2. The molecular formula is C20H21N5O. The summed E-state index contributed by atoms with van der Waals surface area (Å²) >= 11 is 0. The van der Waals surface area contributed by atoms with Crippen LogP contribution < -0.4 is 5.32 Å². The molecule has 3 aromatic rings. The fourth-order valence-electron chi connectivity index (χ4n) is 3.37. The topological polar surface area (TPSA) is 74.0 Å². The van der Waals surface area contributed by atoms with Crippen molar-refractivity contribution in [1.82, 2.24) is 20.0 Å². The molecule has 132 valence electrons. The van der Waals surface area contributed by atoms with Crippen molar-refractivity contribution in [3.8, 4) is 0 Å². The van der Waals surface area contributed by atoms with Gasteiger partial charge >= 0.3 is 0 Å². The number of aromatic nitrogens is 2. The van der Waals surface area contributed by atoms with E-state index in [-0.39, 0.29) is 11.9 Å². The molecule has 26 heavy (non-hydrogen) atoms. The highest BCUT2D eigenvalue weighted by Crippen LogP contribution is 2.30.